The van der Waals surface area contributed by atoms with Crippen LogP contribution in [-0.4, -0.2) is 45.7 Å². The zero-order valence-electron chi connectivity index (χ0n) is 18.6. The number of aryl methyl sites for hydroxylation is 2. The number of rotatable bonds is 7. The molecule has 0 saturated carbocycles. The standard InChI is InChI=1S/C22H28N2O6/c1-9(2)29-21(27)17-11(4)19(24-13(17)6)22(28)30-15(8)20(26)18-10(3)16(14(7)25)12(5)23-18/h9,15,23-24H,1-8H3/t15-/m1/s1. The molecule has 0 aliphatic carbocycles. The molecule has 0 spiro atoms. The van der Waals surface area contributed by atoms with Crippen LogP contribution in [-0.2, 0) is 9.47 Å². The van der Waals surface area contributed by atoms with Gasteiger partial charge in [-0.25, -0.2) is 9.59 Å². The van der Waals surface area contributed by atoms with Gasteiger partial charge in [-0.1, -0.05) is 0 Å². The third kappa shape index (κ3) is 4.37. The SMILES string of the molecule is CC(=O)c1c(C)[nH]c(C(=O)[C@@H](C)OC(=O)c2[nH]c(C)c(C(=O)OC(C)C)c2C)c1C. The monoisotopic (exact) mass is 416 g/mol. The van der Waals surface area contributed by atoms with Crippen molar-refractivity contribution in [1.29, 1.82) is 0 Å². The van der Waals surface area contributed by atoms with Gasteiger partial charge < -0.3 is 19.4 Å². The van der Waals surface area contributed by atoms with E-state index in [1.807, 2.05) is 0 Å². The predicted octanol–water partition coefficient (Wildman–Crippen LogP) is 3.77. The number of aromatic amines is 2. The minimum Gasteiger partial charge on any atom is -0.459 e. The Hall–Kier alpha value is -3.16. The van der Waals surface area contributed by atoms with Crippen LogP contribution in [0.5, 0.6) is 0 Å². The van der Waals surface area contributed by atoms with E-state index in [4.69, 9.17) is 9.47 Å². The second-order valence-corrected chi connectivity index (χ2v) is 7.67. The second-order valence-electron chi connectivity index (χ2n) is 7.67. The van der Waals surface area contributed by atoms with Crippen LogP contribution < -0.4 is 0 Å². The van der Waals surface area contributed by atoms with Gasteiger partial charge in [0, 0.05) is 17.0 Å². The van der Waals surface area contributed by atoms with Crippen LogP contribution in [0.4, 0.5) is 0 Å². The van der Waals surface area contributed by atoms with E-state index < -0.39 is 23.8 Å². The Kier molecular flexibility index (Phi) is 6.70. The Morgan fingerprint density at radius 2 is 1.23 bits per heavy atom. The maximum Gasteiger partial charge on any atom is 0.355 e. The minimum absolute atomic E-state index is 0.0895. The van der Waals surface area contributed by atoms with Crippen LogP contribution in [0.1, 0.15) is 91.9 Å². The molecule has 30 heavy (non-hydrogen) atoms. The van der Waals surface area contributed by atoms with Crippen LogP contribution >= 0.6 is 0 Å². The average molecular weight is 416 g/mol. The first-order chi connectivity index (χ1) is 13.9. The molecule has 0 unspecified atom stereocenters. The number of ether oxygens (including phenoxy) is 2. The molecule has 0 amide bonds. The van der Waals surface area contributed by atoms with E-state index in [-0.39, 0.29) is 28.8 Å². The van der Waals surface area contributed by atoms with Gasteiger partial charge in [0.2, 0.25) is 5.78 Å². The molecule has 1 atom stereocenters. The average Bonchev–Trinajstić information content (AvgIpc) is 3.08. The van der Waals surface area contributed by atoms with Crippen molar-refractivity contribution in [2.75, 3.05) is 0 Å². The molecule has 8 nitrogen and oxygen atoms in total. The number of esters is 2. The molecule has 8 heteroatoms. The highest BCUT2D eigenvalue weighted by atomic mass is 16.5. The first-order valence-corrected chi connectivity index (χ1v) is 9.72. The van der Waals surface area contributed by atoms with Crippen LogP contribution in [0.25, 0.3) is 0 Å². The molecule has 162 valence electrons. The van der Waals surface area contributed by atoms with E-state index in [0.717, 1.165) is 0 Å². The predicted molar refractivity (Wildman–Crippen MR) is 110 cm³/mol. The molecule has 0 aliphatic rings. The van der Waals surface area contributed by atoms with Gasteiger partial charge in [0.1, 0.15) is 5.69 Å². The summed E-state index contributed by atoms with van der Waals surface area (Å²) in [6, 6.07) is 0. The molecule has 2 aromatic heterocycles. The Balaban J connectivity index is 2.25. The van der Waals surface area contributed by atoms with Gasteiger partial charge >= 0.3 is 11.9 Å². The van der Waals surface area contributed by atoms with Gasteiger partial charge in [0.15, 0.2) is 11.9 Å². The third-order valence-corrected chi connectivity index (χ3v) is 4.88. The maximum absolute atomic E-state index is 12.8. The topological polar surface area (TPSA) is 118 Å². The number of carbonyl (C=O) groups excluding carboxylic acids is 4. The Morgan fingerprint density at radius 1 is 0.733 bits per heavy atom. The fourth-order valence-electron chi connectivity index (χ4n) is 3.53. The Bertz CT molecular complexity index is 1030. The van der Waals surface area contributed by atoms with Gasteiger partial charge in [-0.15, -0.1) is 0 Å². The number of ketones is 2. The van der Waals surface area contributed by atoms with Crippen molar-refractivity contribution in [2.45, 2.75) is 67.6 Å². The van der Waals surface area contributed by atoms with E-state index in [0.29, 0.717) is 28.1 Å². The number of nitrogens with one attached hydrogen (secondary N) is 2. The van der Waals surface area contributed by atoms with Crippen molar-refractivity contribution in [3.63, 3.8) is 0 Å². The normalized spacial score (nSPS) is 12.0. The number of aromatic nitrogens is 2. The molecule has 0 saturated heterocycles. The molecule has 2 aromatic rings. The molecule has 0 fully saturated rings. The number of carbonyl (C=O) groups is 4. The minimum atomic E-state index is -1.09. The first-order valence-electron chi connectivity index (χ1n) is 9.72. The van der Waals surface area contributed by atoms with Gasteiger partial charge in [0.05, 0.1) is 17.4 Å². The first kappa shape index (κ1) is 23.1. The quantitative estimate of drug-likeness (QED) is 0.524. The maximum atomic E-state index is 12.8. The number of hydrogen-bond acceptors (Lipinski definition) is 6. The molecule has 2 rings (SSSR count). The highest BCUT2D eigenvalue weighted by molar-refractivity contribution is 6.06. The summed E-state index contributed by atoms with van der Waals surface area (Å²) in [6.07, 6.45) is -1.39. The van der Waals surface area contributed by atoms with Crippen molar-refractivity contribution >= 4 is 23.5 Å². The molecule has 0 aliphatic heterocycles. The summed E-state index contributed by atoms with van der Waals surface area (Å²) in [5, 5.41) is 0. The number of Topliss-reactive ketones (excluding diaryl/α,β-unsaturated/α-hetero) is 2. The summed E-state index contributed by atoms with van der Waals surface area (Å²) >= 11 is 0. The zero-order chi connectivity index (χ0) is 22.9. The van der Waals surface area contributed by atoms with Gasteiger partial charge in [0.25, 0.3) is 0 Å². The van der Waals surface area contributed by atoms with E-state index in [9.17, 15) is 19.2 Å². The molecule has 2 N–H and O–H groups in total. The highest BCUT2D eigenvalue weighted by Crippen LogP contribution is 2.23. The van der Waals surface area contributed by atoms with Crippen molar-refractivity contribution in [3.8, 4) is 0 Å². The lowest BCUT2D eigenvalue weighted by Gasteiger charge is -2.12. The largest absolute Gasteiger partial charge is 0.459 e. The summed E-state index contributed by atoms with van der Waals surface area (Å²) in [5.74, 6) is -1.89. The summed E-state index contributed by atoms with van der Waals surface area (Å²) in [7, 11) is 0. The van der Waals surface area contributed by atoms with Crippen LogP contribution in [0.3, 0.4) is 0 Å². The van der Waals surface area contributed by atoms with Crippen LogP contribution in [0.15, 0.2) is 0 Å². The van der Waals surface area contributed by atoms with E-state index >= 15 is 0 Å². The molecular weight excluding hydrogens is 388 g/mol. The van der Waals surface area contributed by atoms with E-state index in [2.05, 4.69) is 9.97 Å². The lowest BCUT2D eigenvalue weighted by molar-refractivity contribution is 0.0311. The summed E-state index contributed by atoms with van der Waals surface area (Å²) in [4.78, 5) is 55.3. The molecule has 0 radical (unpaired) electrons. The van der Waals surface area contributed by atoms with Crippen molar-refractivity contribution in [3.05, 3.63) is 45.0 Å². The van der Waals surface area contributed by atoms with Gasteiger partial charge in [-0.05, 0) is 66.5 Å². The zero-order valence-corrected chi connectivity index (χ0v) is 18.6. The highest BCUT2D eigenvalue weighted by Gasteiger charge is 2.29. The van der Waals surface area contributed by atoms with Gasteiger partial charge in [-0.3, -0.25) is 9.59 Å². The Labute approximate surface area is 175 Å². The molecule has 0 bridgehead atoms. The summed E-state index contributed by atoms with van der Waals surface area (Å²) < 4.78 is 10.6. The molecule has 2 heterocycles. The van der Waals surface area contributed by atoms with Crippen LogP contribution in [0.2, 0.25) is 0 Å². The lowest BCUT2D eigenvalue weighted by Crippen LogP contribution is -2.26. The van der Waals surface area contributed by atoms with Crippen molar-refractivity contribution in [1.82, 2.24) is 9.97 Å². The summed E-state index contributed by atoms with van der Waals surface area (Å²) in [6.45, 7) is 13.0. The van der Waals surface area contributed by atoms with Crippen LogP contribution in [0, 0.1) is 27.7 Å². The second kappa shape index (κ2) is 8.69. The smallest absolute Gasteiger partial charge is 0.355 e. The lowest BCUT2D eigenvalue weighted by atomic mass is 10.0. The van der Waals surface area contributed by atoms with Gasteiger partial charge in [-0.2, -0.15) is 0 Å². The van der Waals surface area contributed by atoms with E-state index in [1.54, 1.807) is 41.5 Å². The fourth-order valence-corrected chi connectivity index (χ4v) is 3.53. The number of H-pyrrole nitrogens is 2. The molecular formula is C22H28N2O6. The van der Waals surface area contributed by atoms with Crippen molar-refractivity contribution < 1.29 is 28.7 Å². The van der Waals surface area contributed by atoms with Crippen molar-refractivity contribution in [2.24, 2.45) is 0 Å². The van der Waals surface area contributed by atoms with E-state index in [1.165, 1.54) is 13.8 Å². The Morgan fingerprint density at radius 3 is 1.73 bits per heavy atom. The number of hydrogen-bond donors (Lipinski definition) is 2. The fraction of sp³-hybridized carbons (Fsp3) is 0.455. The third-order valence-electron chi connectivity index (χ3n) is 4.88. The summed E-state index contributed by atoms with van der Waals surface area (Å²) in [5.41, 5.74) is 3.05. The molecule has 0 aromatic carbocycles.